The van der Waals surface area contributed by atoms with Crippen LogP contribution in [0.1, 0.15) is 37.7 Å². The van der Waals surface area contributed by atoms with Crippen LogP contribution < -0.4 is 16.6 Å². The number of rotatable bonds is 3. The summed E-state index contributed by atoms with van der Waals surface area (Å²) in [6.07, 6.45) is 2.70. The van der Waals surface area contributed by atoms with Crippen LogP contribution in [-0.4, -0.2) is 22.0 Å². The molecular formula is C13H12N4O3S. The van der Waals surface area contributed by atoms with Crippen molar-refractivity contribution < 1.29 is 9.59 Å². The molecule has 2 aromatic rings. The molecule has 0 radical (unpaired) electrons. The standard InChI is InChI=1S/C13H12N4O3S/c14-11(19)10-6-2-1-3-8(6)21-13(10)15-12(20)7-4-5-9(18)17-16-7/h4-5H,1-3H2,(H2,14,19)(H,15,20)(H,17,18). The van der Waals surface area contributed by atoms with Crippen LogP contribution in [0.2, 0.25) is 0 Å². The van der Waals surface area contributed by atoms with Gasteiger partial charge in [-0.25, -0.2) is 5.10 Å². The number of amides is 2. The minimum Gasteiger partial charge on any atom is -0.365 e. The summed E-state index contributed by atoms with van der Waals surface area (Å²) in [7, 11) is 0. The van der Waals surface area contributed by atoms with Crippen LogP contribution in [0.25, 0.3) is 0 Å². The molecule has 0 spiro atoms. The zero-order valence-electron chi connectivity index (χ0n) is 10.9. The van der Waals surface area contributed by atoms with Crippen molar-refractivity contribution in [3.63, 3.8) is 0 Å². The van der Waals surface area contributed by atoms with Gasteiger partial charge in [-0.15, -0.1) is 11.3 Å². The van der Waals surface area contributed by atoms with Crippen molar-refractivity contribution in [1.82, 2.24) is 10.2 Å². The molecule has 0 aliphatic heterocycles. The summed E-state index contributed by atoms with van der Waals surface area (Å²) >= 11 is 1.37. The maximum absolute atomic E-state index is 12.1. The number of hydrogen-bond donors (Lipinski definition) is 3. The molecule has 0 bridgehead atoms. The van der Waals surface area contributed by atoms with Crippen molar-refractivity contribution in [2.45, 2.75) is 19.3 Å². The molecule has 3 rings (SSSR count). The highest BCUT2D eigenvalue weighted by molar-refractivity contribution is 7.17. The van der Waals surface area contributed by atoms with E-state index < -0.39 is 11.8 Å². The highest BCUT2D eigenvalue weighted by Gasteiger charge is 2.26. The summed E-state index contributed by atoms with van der Waals surface area (Å²) in [5.74, 6) is -1.03. The van der Waals surface area contributed by atoms with E-state index in [0.29, 0.717) is 10.6 Å². The topological polar surface area (TPSA) is 118 Å². The largest absolute Gasteiger partial charge is 0.365 e. The van der Waals surface area contributed by atoms with Gasteiger partial charge in [0.1, 0.15) is 10.7 Å². The second-order valence-corrected chi connectivity index (χ2v) is 5.79. The van der Waals surface area contributed by atoms with E-state index in [1.807, 2.05) is 0 Å². The van der Waals surface area contributed by atoms with Crippen LogP contribution in [0.3, 0.4) is 0 Å². The molecule has 0 unspecified atom stereocenters. The highest BCUT2D eigenvalue weighted by atomic mass is 32.1. The number of aromatic amines is 1. The van der Waals surface area contributed by atoms with E-state index in [4.69, 9.17) is 5.73 Å². The number of aromatic nitrogens is 2. The number of aryl methyl sites for hydroxylation is 1. The summed E-state index contributed by atoms with van der Waals surface area (Å²) in [5, 5.41) is 8.94. The Labute approximate surface area is 123 Å². The summed E-state index contributed by atoms with van der Waals surface area (Å²) in [6, 6.07) is 2.53. The van der Waals surface area contributed by atoms with Crippen molar-refractivity contribution in [1.29, 1.82) is 0 Å². The van der Waals surface area contributed by atoms with Crippen molar-refractivity contribution >= 4 is 28.2 Å². The van der Waals surface area contributed by atoms with Crippen LogP contribution in [0.4, 0.5) is 5.00 Å². The lowest BCUT2D eigenvalue weighted by molar-refractivity contribution is 0.100. The Bertz CT molecular complexity index is 773. The highest BCUT2D eigenvalue weighted by Crippen LogP contribution is 2.38. The van der Waals surface area contributed by atoms with Gasteiger partial charge in [0.25, 0.3) is 17.4 Å². The molecule has 1 aliphatic carbocycles. The Kier molecular flexibility index (Phi) is 3.30. The molecule has 2 amide bonds. The third-order valence-electron chi connectivity index (χ3n) is 3.31. The molecule has 1 aliphatic rings. The maximum Gasteiger partial charge on any atom is 0.276 e. The summed E-state index contributed by atoms with van der Waals surface area (Å²) in [6.45, 7) is 0. The van der Waals surface area contributed by atoms with E-state index in [2.05, 4.69) is 15.5 Å². The van der Waals surface area contributed by atoms with Gasteiger partial charge in [0.2, 0.25) is 0 Å². The lowest BCUT2D eigenvalue weighted by Gasteiger charge is -2.05. The van der Waals surface area contributed by atoms with Crippen LogP contribution in [-0.2, 0) is 12.8 Å². The zero-order valence-corrected chi connectivity index (χ0v) is 11.8. The Hall–Kier alpha value is -2.48. The molecule has 4 N–H and O–H groups in total. The van der Waals surface area contributed by atoms with Crippen molar-refractivity contribution in [3.05, 3.63) is 44.2 Å². The Balaban J connectivity index is 1.91. The third-order valence-corrected chi connectivity index (χ3v) is 4.51. The lowest BCUT2D eigenvalue weighted by Crippen LogP contribution is -2.20. The fourth-order valence-electron chi connectivity index (χ4n) is 2.39. The van der Waals surface area contributed by atoms with E-state index in [1.165, 1.54) is 23.5 Å². The fraction of sp³-hybridized carbons (Fsp3) is 0.231. The second-order valence-electron chi connectivity index (χ2n) is 4.69. The molecule has 0 fully saturated rings. The number of thiophene rings is 1. The Morgan fingerprint density at radius 1 is 1.33 bits per heavy atom. The average Bonchev–Trinajstić information content (AvgIpc) is 2.98. The SMILES string of the molecule is NC(=O)c1c(NC(=O)c2ccc(=O)[nH]n2)sc2c1CCC2. The first kappa shape index (κ1) is 13.5. The molecule has 0 saturated carbocycles. The van der Waals surface area contributed by atoms with E-state index in [0.717, 1.165) is 29.7 Å². The Morgan fingerprint density at radius 2 is 2.14 bits per heavy atom. The number of carbonyl (C=O) groups is 2. The van der Waals surface area contributed by atoms with Gasteiger partial charge in [-0.1, -0.05) is 0 Å². The number of carbonyl (C=O) groups excluding carboxylic acids is 2. The quantitative estimate of drug-likeness (QED) is 0.772. The fourth-order valence-corrected chi connectivity index (χ4v) is 3.68. The number of nitrogens with zero attached hydrogens (tertiary/aromatic N) is 1. The van der Waals surface area contributed by atoms with Gasteiger partial charge in [-0.2, -0.15) is 5.10 Å². The number of H-pyrrole nitrogens is 1. The van der Waals surface area contributed by atoms with Gasteiger partial charge in [-0.3, -0.25) is 14.4 Å². The number of nitrogens with one attached hydrogen (secondary N) is 2. The second kappa shape index (κ2) is 5.13. The summed E-state index contributed by atoms with van der Waals surface area (Å²) < 4.78 is 0. The van der Waals surface area contributed by atoms with Gasteiger partial charge in [0.15, 0.2) is 0 Å². The van der Waals surface area contributed by atoms with Crippen molar-refractivity contribution in [2.75, 3.05) is 5.32 Å². The molecule has 21 heavy (non-hydrogen) atoms. The molecule has 108 valence electrons. The monoisotopic (exact) mass is 304 g/mol. The molecule has 0 aromatic carbocycles. The number of primary amides is 1. The molecule has 2 heterocycles. The minimum absolute atomic E-state index is 0.0681. The van der Waals surface area contributed by atoms with E-state index in [9.17, 15) is 14.4 Å². The van der Waals surface area contributed by atoms with Crippen LogP contribution in [0.15, 0.2) is 16.9 Å². The van der Waals surface area contributed by atoms with Gasteiger partial charge >= 0.3 is 0 Å². The molecular weight excluding hydrogens is 292 g/mol. The normalized spacial score (nSPS) is 13.0. The van der Waals surface area contributed by atoms with Crippen molar-refractivity contribution in [2.24, 2.45) is 5.73 Å². The van der Waals surface area contributed by atoms with Gasteiger partial charge in [0, 0.05) is 10.9 Å². The van der Waals surface area contributed by atoms with Crippen LogP contribution in [0.5, 0.6) is 0 Å². The zero-order chi connectivity index (χ0) is 15.0. The van der Waals surface area contributed by atoms with Gasteiger partial charge in [-0.05, 0) is 30.9 Å². The first-order chi connectivity index (χ1) is 10.1. The third kappa shape index (κ3) is 2.45. The molecule has 0 saturated heterocycles. The summed E-state index contributed by atoms with van der Waals surface area (Å²) in [5.41, 5.74) is 6.43. The number of anilines is 1. The Morgan fingerprint density at radius 3 is 2.81 bits per heavy atom. The lowest BCUT2D eigenvalue weighted by atomic mass is 10.1. The number of hydrogen-bond acceptors (Lipinski definition) is 5. The predicted molar refractivity (Wildman–Crippen MR) is 77.7 cm³/mol. The van der Waals surface area contributed by atoms with Gasteiger partial charge < -0.3 is 11.1 Å². The minimum atomic E-state index is -0.542. The number of fused-ring (bicyclic) bond motifs is 1. The maximum atomic E-state index is 12.1. The number of nitrogens with two attached hydrogens (primary N) is 1. The first-order valence-corrected chi connectivity index (χ1v) is 7.19. The van der Waals surface area contributed by atoms with Crippen LogP contribution in [0, 0.1) is 0 Å². The van der Waals surface area contributed by atoms with E-state index in [-0.39, 0.29) is 11.3 Å². The van der Waals surface area contributed by atoms with E-state index in [1.54, 1.807) is 0 Å². The molecule has 7 nitrogen and oxygen atoms in total. The van der Waals surface area contributed by atoms with Crippen LogP contribution >= 0.6 is 11.3 Å². The van der Waals surface area contributed by atoms with E-state index >= 15 is 0 Å². The molecule has 8 heteroatoms. The van der Waals surface area contributed by atoms with Gasteiger partial charge in [0.05, 0.1) is 5.56 Å². The summed E-state index contributed by atoms with van der Waals surface area (Å²) in [4.78, 5) is 35.7. The smallest absolute Gasteiger partial charge is 0.276 e. The molecule has 0 atom stereocenters. The van der Waals surface area contributed by atoms with Crippen molar-refractivity contribution in [3.8, 4) is 0 Å². The first-order valence-electron chi connectivity index (χ1n) is 6.37. The average molecular weight is 304 g/mol. The molecule has 2 aromatic heterocycles. The predicted octanol–water partition coefficient (Wildman–Crippen LogP) is 0.671.